The van der Waals surface area contributed by atoms with Crippen LogP contribution < -0.4 is 19.8 Å². The summed E-state index contributed by atoms with van der Waals surface area (Å²) in [6.07, 6.45) is 0.550. The van der Waals surface area contributed by atoms with Gasteiger partial charge in [0.1, 0.15) is 18.5 Å². The zero-order valence-electron chi connectivity index (χ0n) is 16.4. The lowest BCUT2D eigenvalue weighted by atomic mass is 10.1. The van der Waals surface area contributed by atoms with E-state index in [1.165, 1.54) is 25.1 Å². The lowest BCUT2D eigenvalue weighted by Gasteiger charge is -2.16. The summed E-state index contributed by atoms with van der Waals surface area (Å²) in [4.78, 5) is 17.1. The fraction of sp³-hybridized carbons (Fsp3) is 0.333. The van der Waals surface area contributed by atoms with E-state index >= 15 is 0 Å². The molecule has 3 aromatic rings. The smallest absolute Gasteiger partial charge is 0.261 e. The Morgan fingerprint density at radius 2 is 1.79 bits per heavy atom. The number of aliphatic hydroxyl groups excluding tert-OH is 1. The van der Waals surface area contributed by atoms with Gasteiger partial charge >= 0.3 is 0 Å². The summed E-state index contributed by atoms with van der Waals surface area (Å²) in [6, 6.07) is 9.09. The lowest BCUT2D eigenvalue weighted by molar-refractivity contribution is 0.0911. The summed E-state index contributed by atoms with van der Waals surface area (Å²) in [5.74, 6) is 1.66. The summed E-state index contributed by atoms with van der Waals surface area (Å²) < 4.78 is 17.6. The molecule has 0 saturated carbocycles. The van der Waals surface area contributed by atoms with Gasteiger partial charge in [0.25, 0.3) is 5.56 Å². The van der Waals surface area contributed by atoms with Crippen molar-refractivity contribution in [1.82, 2.24) is 9.55 Å². The number of benzene rings is 2. The third-order valence-electron chi connectivity index (χ3n) is 4.50. The van der Waals surface area contributed by atoms with E-state index in [-0.39, 0.29) is 18.7 Å². The highest BCUT2D eigenvalue weighted by Crippen LogP contribution is 2.29. The molecule has 3 rings (SSSR count). The maximum Gasteiger partial charge on any atom is 0.261 e. The molecule has 0 amide bonds. The molecule has 148 valence electrons. The van der Waals surface area contributed by atoms with Gasteiger partial charge in [0.15, 0.2) is 11.5 Å². The van der Waals surface area contributed by atoms with E-state index in [0.717, 1.165) is 11.1 Å². The van der Waals surface area contributed by atoms with Crippen molar-refractivity contribution in [3.05, 3.63) is 58.1 Å². The second-order valence-electron chi connectivity index (χ2n) is 6.66. The Bertz CT molecular complexity index is 1040. The Kier molecular flexibility index (Phi) is 5.84. The molecule has 2 aromatic carbocycles. The van der Waals surface area contributed by atoms with Gasteiger partial charge in [-0.25, -0.2) is 4.98 Å². The van der Waals surface area contributed by atoms with E-state index < -0.39 is 6.10 Å². The molecular formula is C21H24N2O5. The molecule has 0 spiro atoms. The van der Waals surface area contributed by atoms with E-state index in [0.29, 0.717) is 28.2 Å². The second kappa shape index (κ2) is 8.31. The summed E-state index contributed by atoms with van der Waals surface area (Å²) in [5.41, 5.74) is 2.38. The van der Waals surface area contributed by atoms with Gasteiger partial charge in [0.05, 0.1) is 38.0 Å². The molecule has 0 fully saturated rings. The number of aryl methyl sites for hydroxylation is 2. The molecule has 0 aliphatic carbocycles. The Hall–Kier alpha value is -3.06. The number of methoxy groups -OCH3 is 2. The Labute approximate surface area is 163 Å². The van der Waals surface area contributed by atoms with Gasteiger partial charge in [-0.05, 0) is 31.5 Å². The summed E-state index contributed by atoms with van der Waals surface area (Å²) in [6.45, 7) is 4.10. The number of hydrogen-bond donors (Lipinski definition) is 1. The van der Waals surface area contributed by atoms with Crippen molar-refractivity contribution >= 4 is 10.9 Å². The van der Waals surface area contributed by atoms with Gasteiger partial charge < -0.3 is 19.3 Å². The molecule has 0 radical (unpaired) electrons. The highest BCUT2D eigenvalue weighted by Gasteiger charge is 2.14. The van der Waals surface area contributed by atoms with Crippen LogP contribution in [0, 0.1) is 13.8 Å². The van der Waals surface area contributed by atoms with Gasteiger partial charge in [-0.3, -0.25) is 9.36 Å². The zero-order valence-corrected chi connectivity index (χ0v) is 16.4. The molecule has 0 aliphatic rings. The first-order chi connectivity index (χ1) is 13.4. The van der Waals surface area contributed by atoms with Gasteiger partial charge in [0.2, 0.25) is 0 Å². The SMILES string of the molecule is COc1cc2ncn(C[C@H](O)COc3ccc(C)cc3C)c(=O)c2cc1OC. The van der Waals surface area contributed by atoms with Crippen molar-refractivity contribution in [2.45, 2.75) is 26.5 Å². The predicted molar refractivity (Wildman–Crippen MR) is 107 cm³/mol. The number of aliphatic hydroxyl groups is 1. The molecule has 1 heterocycles. The van der Waals surface area contributed by atoms with Crippen molar-refractivity contribution < 1.29 is 19.3 Å². The molecule has 1 N–H and O–H groups in total. The molecule has 0 unspecified atom stereocenters. The van der Waals surface area contributed by atoms with E-state index in [9.17, 15) is 9.90 Å². The third kappa shape index (κ3) is 4.09. The van der Waals surface area contributed by atoms with Crippen LogP contribution in [0.4, 0.5) is 0 Å². The highest BCUT2D eigenvalue weighted by molar-refractivity contribution is 5.81. The summed E-state index contributed by atoms with van der Waals surface area (Å²) >= 11 is 0. The summed E-state index contributed by atoms with van der Waals surface area (Å²) in [7, 11) is 3.03. The van der Waals surface area contributed by atoms with Crippen LogP contribution in [0.3, 0.4) is 0 Å². The van der Waals surface area contributed by atoms with Crippen LogP contribution in [0.2, 0.25) is 0 Å². The molecule has 0 bridgehead atoms. The van der Waals surface area contributed by atoms with E-state index in [1.54, 1.807) is 12.1 Å². The van der Waals surface area contributed by atoms with Crippen LogP contribution in [0.5, 0.6) is 17.2 Å². The number of hydrogen-bond acceptors (Lipinski definition) is 6. The molecule has 1 atom stereocenters. The standard InChI is InChI=1S/C21H24N2O5/c1-13-5-6-18(14(2)7-13)28-11-15(24)10-23-12-22-17-9-20(27-4)19(26-3)8-16(17)21(23)25/h5-9,12,15,24H,10-11H2,1-4H3/t15-/m0/s1. The van der Waals surface area contributed by atoms with Crippen LogP contribution in [0.25, 0.3) is 10.9 Å². The largest absolute Gasteiger partial charge is 0.493 e. The topological polar surface area (TPSA) is 82.8 Å². The molecule has 0 saturated heterocycles. The average Bonchev–Trinajstić information content (AvgIpc) is 2.68. The summed E-state index contributed by atoms with van der Waals surface area (Å²) in [5, 5.41) is 10.7. The molecule has 1 aromatic heterocycles. The van der Waals surface area contributed by atoms with Crippen molar-refractivity contribution in [3.63, 3.8) is 0 Å². The molecule has 0 aliphatic heterocycles. The second-order valence-corrected chi connectivity index (χ2v) is 6.66. The normalized spacial score (nSPS) is 12.0. The Balaban J connectivity index is 1.77. The minimum atomic E-state index is -0.863. The number of fused-ring (bicyclic) bond motifs is 1. The molecule has 7 nitrogen and oxygen atoms in total. The number of rotatable bonds is 7. The van der Waals surface area contributed by atoms with Crippen LogP contribution in [0.1, 0.15) is 11.1 Å². The number of ether oxygens (including phenoxy) is 3. The highest BCUT2D eigenvalue weighted by atomic mass is 16.5. The first-order valence-electron chi connectivity index (χ1n) is 8.92. The van der Waals surface area contributed by atoms with Gasteiger partial charge in [-0.2, -0.15) is 0 Å². The number of nitrogens with zero attached hydrogens (tertiary/aromatic N) is 2. The van der Waals surface area contributed by atoms with Crippen molar-refractivity contribution in [2.24, 2.45) is 0 Å². The first kappa shape index (κ1) is 19.7. The fourth-order valence-electron chi connectivity index (χ4n) is 3.04. The minimum Gasteiger partial charge on any atom is -0.493 e. The van der Waals surface area contributed by atoms with Crippen LogP contribution in [-0.4, -0.2) is 41.6 Å². The van der Waals surface area contributed by atoms with E-state index in [2.05, 4.69) is 4.98 Å². The molecule has 7 heteroatoms. The zero-order chi connectivity index (χ0) is 20.3. The van der Waals surface area contributed by atoms with Crippen LogP contribution in [-0.2, 0) is 6.54 Å². The average molecular weight is 384 g/mol. The quantitative estimate of drug-likeness (QED) is 0.674. The van der Waals surface area contributed by atoms with Crippen LogP contribution in [0.15, 0.2) is 41.5 Å². The first-order valence-corrected chi connectivity index (χ1v) is 8.92. The van der Waals surface area contributed by atoms with E-state index in [4.69, 9.17) is 14.2 Å². The third-order valence-corrected chi connectivity index (χ3v) is 4.50. The predicted octanol–water partition coefficient (Wildman–Crippen LogP) is 2.47. The number of aromatic nitrogens is 2. The Morgan fingerprint density at radius 3 is 2.46 bits per heavy atom. The van der Waals surface area contributed by atoms with Crippen molar-refractivity contribution in [2.75, 3.05) is 20.8 Å². The molecular weight excluding hydrogens is 360 g/mol. The minimum absolute atomic E-state index is 0.0698. The van der Waals surface area contributed by atoms with Gasteiger partial charge in [-0.15, -0.1) is 0 Å². The van der Waals surface area contributed by atoms with Gasteiger partial charge in [0, 0.05) is 6.07 Å². The van der Waals surface area contributed by atoms with Gasteiger partial charge in [-0.1, -0.05) is 17.7 Å². The fourth-order valence-corrected chi connectivity index (χ4v) is 3.04. The maximum atomic E-state index is 12.8. The van der Waals surface area contributed by atoms with Crippen molar-refractivity contribution in [1.29, 1.82) is 0 Å². The van der Waals surface area contributed by atoms with E-state index in [1.807, 2.05) is 32.0 Å². The Morgan fingerprint density at radius 1 is 1.07 bits per heavy atom. The lowest BCUT2D eigenvalue weighted by Crippen LogP contribution is -2.30. The molecule has 28 heavy (non-hydrogen) atoms. The van der Waals surface area contributed by atoms with Crippen LogP contribution >= 0.6 is 0 Å². The maximum absolute atomic E-state index is 12.8. The monoisotopic (exact) mass is 384 g/mol. The van der Waals surface area contributed by atoms with Crippen molar-refractivity contribution in [3.8, 4) is 17.2 Å².